The molecule has 0 fully saturated rings. The number of hydrogen-bond acceptors (Lipinski definition) is 4. The standard InChI is InChI=1S/C17H19N3O/c1-3-7-21-17-10-14(19)9-16(11-17)20(2)15-6-4-5-13(8-15)12-18/h4-6,8-11H,3,7,19H2,1-2H3. The molecule has 0 aliphatic heterocycles. The molecule has 0 aliphatic rings. The summed E-state index contributed by atoms with van der Waals surface area (Å²) in [6.07, 6.45) is 0.949. The molecule has 0 saturated carbocycles. The molecule has 2 rings (SSSR count). The highest BCUT2D eigenvalue weighted by molar-refractivity contribution is 5.69. The third kappa shape index (κ3) is 3.67. The zero-order chi connectivity index (χ0) is 15.2. The second-order valence-corrected chi connectivity index (χ2v) is 4.83. The normalized spacial score (nSPS) is 9.95. The van der Waals surface area contributed by atoms with Gasteiger partial charge in [0, 0.05) is 36.2 Å². The van der Waals surface area contributed by atoms with Gasteiger partial charge in [-0.15, -0.1) is 0 Å². The molecule has 2 aromatic rings. The van der Waals surface area contributed by atoms with Crippen LogP contribution in [-0.4, -0.2) is 13.7 Å². The quantitative estimate of drug-likeness (QED) is 0.849. The first kappa shape index (κ1) is 14.7. The fourth-order valence-electron chi connectivity index (χ4n) is 2.04. The summed E-state index contributed by atoms with van der Waals surface area (Å²) in [6, 6.07) is 15.3. The number of nitriles is 1. The van der Waals surface area contributed by atoms with Crippen LogP contribution in [0.15, 0.2) is 42.5 Å². The number of benzene rings is 2. The van der Waals surface area contributed by atoms with Gasteiger partial charge in [0.15, 0.2) is 0 Å². The van der Waals surface area contributed by atoms with Gasteiger partial charge in [0.25, 0.3) is 0 Å². The first-order valence-corrected chi connectivity index (χ1v) is 6.91. The molecule has 0 spiro atoms. The molecule has 0 atom stereocenters. The smallest absolute Gasteiger partial charge is 0.123 e. The van der Waals surface area contributed by atoms with Gasteiger partial charge in [-0.25, -0.2) is 0 Å². The van der Waals surface area contributed by atoms with Crippen LogP contribution in [0.3, 0.4) is 0 Å². The summed E-state index contributed by atoms with van der Waals surface area (Å²) in [5, 5.41) is 8.99. The Labute approximate surface area is 125 Å². The van der Waals surface area contributed by atoms with Crippen LogP contribution in [0.25, 0.3) is 0 Å². The minimum Gasteiger partial charge on any atom is -0.493 e. The number of hydrogen-bond donors (Lipinski definition) is 1. The molecule has 0 aromatic heterocycles. The van der Waals surface area contributed by atoms with Crippen LogP contribution >= 0.6 is 0 Å². The molecule has 0 aliphatic carbocycles. The number of ether oxygens (including phenoxy) is 1. The van der Waals surface area contributed by atoms with E-state index >= 15 is 0 Å². The minimum atomic E-state index is 0.630. The molecule has 4 heteroatoms. The van der Waals surface area contributed by atoms with Gasteiger partial charge < -0.3 is 15.4 Å². The molecular weight excluding hydrogens is 262 g/mol. The van der Waals surface area contributed by atoms with E-state index < -0.39 is 0 Å². The highest BCUT2D eigenvalue weighted by atomic mass is 16.5. The van der Waals surface area contributed by atoms with E-state index in [1.165, 1.54) is 0 Å². The summed E-state index contributed by atoms with van der Waals surface area (Å²) in [5.41, 5.74) is 9.09. The molecule has 0 unspecified atom stereocenters. The average molecular weight is 281 g/mol. The second-order valence-electron chi connectivity index (χ2n) is 4.83. The minimum absolute atomic E-state index is 0.630. The summed E-state index contributed by atoms with van der Waals surface area (Å²) < 4.78 is 5.65. The average Bonchev–Trinajstić information content (AvgIpc) is 2.51. The number of rotatable bonds is 5. The van der Waals surface area contributed by atoms with Crippen molar-refractivity contribution in [2.75, 3.05) is 24.3 Å². The Morgan fingerprint density at radius 2 is 2.00 bits per heavy atom. The van der Waals surface area contributed by atoms with Crippen molar-refractivity contribution in [2.24, 2.45) is 0 Å². The fourth-order valence-corrected chi connectivity index (χ4v) is 2.04. The predicted molar refractivity (Wildman–Crippen MR) is 85.9 cm³/mol. The number of nitrogens with zero attached hydrogens (tertiary/aromatic N) is 2. The lowest BCUT2D eigenvalue weighted by Crippen LogP contribution is -2.10. The Balaban J connectivity index is 2.31. The molecule has 0 bridgehead atoms. The van der Waals surface area contributed by atoms with Crippen LogP contribution in [-0.2, 0) is 0 Å². The van der Waals surface area contributed by atoms with E-state index in [0.29, 0.717) is 17.9 Å². The van der Waals surface area contributed by atoms with Gasteiger partial charge in [0.2, 0.25) is 0 Å². The van der Waals surface area contributed by atoms with Crippen LogP contribution in [0.5, 0.6) is 5.75 Å². The molecule has 0 amide bonds. The molecule has 4 nitrogen and oxygen atoms in total. The van der Waals surface area contributed by atoms with Gasteiger partial charge in [0.05, 0.1) is 18.2 Å². The van der Waals surface area contributed by atoms with E-state index in [4.69, 9.17) is 15.7 Å². The van der Waals surface area contributed by atoms with Crippen molar-refractivity contribution >= 4 is 17.1 Å². The maximum Gasteiger partial charge on any atom is 0.123 e. The Bertz CT molecular complexity index is 661. The number of nitrogens with two attached hydrogens (primary N) is 1. The van der Waals surface area contributed by atoms with Crippen molar-refractivity contribution in [1.29, 1.82) is 5.26 Å². The monoisotopic (exact) mass is 281 g/mol. The molecule has 0 heterocycles. The molecule has 108 valence electrons. The van der Waals surface area contributed by atoms with Gasteiger partial charge in [-0.1, -0.05) is 13.0 Å². The Morgan fingerprint density at radius 1 is 1.19 bits per heavy atom. The Hall–Kier alpha value is -2.67. The third-order valence-corrected chi connectivity index (χ3v) is 3.14. The van der Waals surface area contributed by atoms with Gasteiger partial charge in [0.1, 0.15) is 5.75 Å². The van der Waals surface area contributed by atoms with E-state index in [1.807, 2.05) is 48.3 Å². The van der Waals surface area contributed by atoms with Crippen molar-refractivity contribution in [3.63, 3.8) is 0 Å². The summed E-state index contributed by atoms with van der Waals surface area (Å²) in [7, 11) is 1.94. The van der Waals surface area contributed by atoms with Crippen molar-refractivity contribution in [3.8, 4) is 11.8 Å². The van der Waals surface area contributed by atoms with Crippen LogP contribution in [0, 0.1) is 11.3 Å². The molecular formula is C17H19N3O. The first-order valence-electron chi connectivity index (χ1n) is 6.91. The predicted octanol–water partition coefficient (Wildman–Crippen LogP) is 3.70. The zero-order valence-corrected chi connectivity index (χ0v) is 12.3. The molecule has 21 heavy (non-hydrogen) atoms. The van der Waals surface area contributed by atoms with E-state index in [9.17, 15) is 0 Å². The van der Waals surface area contributed by atoms with Gasteiger partial charge in [-0.05, 0) is 30.7 Å². The van der Waals surface area contributed by atoms with E-state index in [2.05, 4.69) is 13.0 Å². The topological polar surface area (TPSA) is 62.3 Å². The SMILES string of the molecule is CCCOc1cc(N)cc(N(C)c2cccc(C#N)c2)c1. The van der Waals surface area contributed by atoms with E-state index in [0.717, 1.165) is 23.5 Å². The second kappa shape index (κ2) is 6.67. The maximum atomic E-state index is 8.99. The fraction of sp³-hybridized carbons (Fsp3) is 0.235. The maximum absolute atomic E-state index is 8.99. The largest absolute Gasteiger partial charge is 0.493 e. The number of anilines is 3. The summed E-state index contributed by atoms with van der Waals surface area (Å²) in [5.74, 6) is 0.759. The van der Waals surface area contributed by atoms with Gasteiger partial charge in [-0.3, -0.25) is 0 Å². The van der Waals surface area contributed by atoms with Crippen LogP contribution in [0.4, 0.5) is 17.1 Å². The molecule has 2 aromatic carbocycles. The zero-order valence-electron chi connectivity index (χ0n) is 12.3. The third-order valence-electron chi connectivity index (χ3n) is 3.14. The molecule has 0 saturated heterocycles. The molecule has 0 radical (unpaired) electrons. The molecule has 2 N–H and O–H groups in total. The van der Waals surface area contributed by atoms with Crippen LogP contribution in [0.2, 0.25) is 0 Å². The van der Waals surface area contributed by atoms with Crippen LogP contribution in [0.1, 0.15) is 18.9 Å². The van der Waals surface area contributed by atoms with E-state index in [1.54, 1.807) is 6.07 Å². The van der Waals surface area contributed by atoms with E-state index in [-0.39, 0.29) is 0 Å². The lowest BCUT2D eigenvalue weighted by molar-refractivity contribution is 0.317. The van der Waals surface area contributed by atoms with Crippen LogP contribution < -0.4 is 15.4 Å². The Kier molecular flexibility index (Phi) is 4.68. The van der Waals surface area contributed by atoms with Gasteiger partial charge in [-0.2, -0.15) is 5.26 Å². The van der Waals surface area contributed by atoms with Crippen molar-refractivity contribution in [3.05, 3.63) is 48.0 Å². The lowest BCUT2D eigenvalue weighted by Gasteiger charge is -2.21. The number of nitrogen functional groups attached to an aromatic ring is 1. The highest BCUT2D eigenvalue weighted by Gasteiger charge is 2.08. The highest BCUT2D eigenvalue weighted by Crippen LogP contribution is 2.30. The van der Waals surface area contributed by atoms with Crippen molar-refractivity contribution < 1.29 is 4.74 Å². The first-order chi connectivity index (χ1) is 10.1. The van der Waals surface area contributed by atoms with Crippen molar-refractivity contribution in [2.45, 2.75) is 13.3 Å². The lowest BCUT2D eigenvalue weighted by atomic mass is 10.2. The summed E-state index contributed by atoms with van der Waals surface area (Å²) >= 11 is 0. The Morgan fingerprint density at radius 3 is 2.71 bits per heavy atom. The van der Waals surface area contributed by atoms with Gasteiger partial charge >= 0.3 is 0 Å². The summed E-state index contributed by atoms with van der Waals surface area (Å²) in [6.45, 7) is 2.73. The summed E-state index contributed by atoms with van der Waals surface area (Å²) in [4.78, 5) is 1.98. The van der Waals surface area contributed by atoms with Crippen molar-refractivity contribution in [1.82, 2.24) is 0 Å².